The number of aromatic nitrogens is 2. The molecule has 0 aliphatic heterocycles. The number of rotatable bonds is 4. The van der Waals surface area contributed by atoms with Gasteiger partial charge in [-0.15, -0.1) is 0 Å². The van der Waals surface area contributed by atoms with Gasteiger partial charge in [0.1, 0.15) is 5.69 Å². The minimum Gasteiger partial charge on any atom is -0.395 e. The number of hydrogen-bond donors (Lipinski definition) is 2. The lowest BCUT2D eigenvalue weighted by Gasteiger charge is -2.18. The fourth-order valence-corrected chi connectivity index (χ4v) is 1.83. The van der Waals surface area contributed by atoms with Crippen LogP contribution in [0.4, 0.5) is 5.69 Å². The van der Waals surface area contributed by atoms with Gasteiger partial charge in [0.25, 0.3) is 5.91 Å². The number of nitrogens with zero attached hydrogens (tertiary/aromatic N) is 3. The summed E-state index contributed by atoms with van der Waals surface area (Å²) in [6, 6.07) is 0.0621. The molecule has 96 valence electrons. The first-order chi connectivity index (χ1) is 7.82. The second-order valence-electron chi connectivity index (χ2n) is 4.61. The van der Waals surface area contributed by atoms with E-state index in [0.717, 1.165) is 6.54 Å². The Hall–Kier alpha value is -1.56. The molecular formula is C11H21N5O. The summed E-state index contributed by atoms with van der Waals surface area (Å²) in [4.78, 5) is 14.0. The molecule has 0 saturated carbocycles. The molecule has 1 aromatic heterocycles. The van der Waals surface area contributed by atoms with Crippen molar-refractivity contribution in [3.8, 4) is 0 Å². The number of carbonyl (C=O) groups is 1. The average Bonchev–Trinajstić information content (AvgIpc) is 2.39. The van der Waals surface area contributed by atoms with Crippen LogP contribution in [0.2, 0.25) is 0 Å². The Balaban J connectivity index is 2.76. The van der Waals surface area contributed by atoms with Crippen LogP contribution in [0.15, 0.2) is 0 Å². The molecule has 0 aliphatic rings. The molecule has 17 heavy (non-hydrogen) atoms. The van der Waals surface area contributed by atoms with Crippen LogP contribution in [0.3, 0.4) is 0 Å². The van der Waals surface area contributed by atoms with E-state index in [0.29, 0.717) is 17.1 Å². The highest BCUT2D eigenvalue weighted by molar-refractivity contribution is 5.98. The number of carbonyl (C=O) groups excluding carboxylic acids is 1. The fraction of sp³-hybridized carbons (Fsp3) is 0.636. The fourth-order valence-electron chi connectivity index (χ4n) is 1.83. The quantitative estimate of drug-likeness (QED) is 0.775. The van der Waals surface area contributed by atoms with Crippen LogP contribution in [-0.2, 0) is 7.05 Å². The minimum absolute atomic E-state index is 0.0621. The van der Waals surface area contributed by atoms with Crippen molar-refractivity contribution in [1.82, 2.24) is 20.0 Å². The zero-order chi connectivity index (χ0) is 13.2. The molecule has 0 aliphatic carbocycles. The number of likely N-dealkylation sites (N-methyl/N-ethyl adjacent to an activating group) is 1. The first kappa shape index (κ1) is 13.5. The molecule has 1 heterocycles. The summed E-state index contributed by atoms with van der Waals surface area (Å²) in [5, 5.41) is 7.02. The van der Waals surface area contributed by atoms with Gasteiger partial charge < -0.3 is 16.0 Å². The number of amides is 1. The third-order valence-corrected chi connectivity index (χ3v) is 2.50. The van der Waals surface area contributed by atoms with Gasteiger partial charge in [-0.1, -0.05) is 0 Å². The predicted octanol–water partition coefficient (Wildman–Crippen LogP) is -0.00938. The SMILES string of the molecule is Cc1nn(C)c(C(=O)NC(C)CN(C)C)c1N. The zero-order valence-electron chi connectivity index (χ0n) is 11.1. The molecule has 6 heteroatoms. The Bertz CT molecular complexity index is 410. The first-order valence-corrected chi connectivity index (χ1v) is 5.57. The van der Waals surface area contributed by atoms with Crippen LogP contribution in [0.25, 0.3) is 0 Å². The Morgan fingerprint density at radius 2 is 2.18 bits per heavy atom. The lowest BCUT2D eigenvalue weighted by molar-refractivity contribution is 0.0926. The summed E-state index contributed by atoms with van der Waals surface area (Å²) in [6.45, 7) is 4.52. The van der Waals surface area contributed by atoms with Crippen LogP contribution in [0.5, 0.6) is 0 Å². The van der Waals surface area contributed by atoms with Gasteiger partial charge >= 0.3 is 0 Å². The molecule has 1 aromatic rings. The highest BCUT2D eigenvalue weighted by Crippen LogP contribution is 2.14. The third-order valence-electron chi connectivity index (χ3n) is 2.50. The molecule has 0 bridgehead atoms. The Morgan fingerprint density at radius 1 is 1.59 bits per heavy atom. The Labute approximate surface area is 102 Å². The molecule has 0 saturated heterocycles. The Kier molecular flexibility index (Phi) is 4.11. The monoisotopic (exact) mass is 239 g/mol. The van der Waals surface area contributed by atoms with Gasteiger partial charge in [0.05, 0.1) is 11.4 Å². The van der Waals surface area contributed by atoms with Gasteiger partial charge in [0.15, 0.2) is 0 Å². The van der Waals surface area contributed by atoms with E-state index in [-0.39, 0.29) is 11.9 Å². The molecule has 1 amide bonds. The van der Waals surface area contributed by atoms with Crippen molar-refractivity contribution in [2.24, 2.45) is 7.05 Å². The van der Waals surface area contributed by atoms with E-state index in [9.17, 15) is 4.79 Å². The lowest BCUT2D eigenvalue weighted by Crippen LogP contribution is -2.40. The van der Waals surface area contributed by atoms with Gasteiger partial charge in [-0.3, -0.25) is 9.48 Å². The highest BCUT2D eigenvalue weighted by Gasteiger charge is 2.19. The number of nitrogens with two attached hydrogens (primary N) is 1. The van der Waals surface area contributed by atoms with E-state index in [1.54, 1.807) is 14.0 Å². The van der Waals surface area contributed by atoms with Crippen molar-refractivity contribution < 1.29 is 4.79 Å². The first-order valence-electron chi connectivity index (χ1n) is 5.57. The molecule has 1 rings (SSSR count). The number of nitrogen functional groups attached to an aromatic ring is 1. The van der Waals surface area contributed by atoms with Gasteiger partial charge in [-0.2, -0.15) is 5.10 Å². The second-order valence-corrected chi connectivity index (χ2v) is 4.61. The third kappa shape index (κ3) is 3.20. The standard InChI is InChI=1S/C11H21N5O/c1-7(6-15(3)4)13-11(17)10-9(12)8(2)14-16(10)5/h7H,6,12H2,1-5H3,(H,13,17). The van der Waals surface area contributed by atoms with E-state index in [4.69, 9.17) is 5.73 Å². The molecule has 0 aromatic carbocycles. The maximum Gasteiger partial charge on any atom is 0.271 e. The topological polar surface area (TPSA) is 76.2 Å². The number of hydrogen-bond acceptors (Lipinski definition) is 4. The van der Waals surface area contributed by atoms with Crippen molar-refractivity contribution >= 4 is 11.6 Å². The van der Waals surface area contributed by atoms with Crippen LogP contribution in [0, 0.1) is 6.92 Å². The lowest BCUT2D eigenvalue weighted by atomic mass is 10.2. The van der Waals surface area contributed by atoms with Crippen molar-refractivity contribution in [3.05, 3.63) is 11.4 Å². The number of nitrogens with one attached hydrogen (secondary N) is 1. The predicted molar refractivity (Wildman–Crippen MR) is 67.8 cm³/mol. The molecule has 0 radical (unpaired) electrons. The van der Waals surface area contributed by atoms with Crippen LogP contribution < -0.4 is 11.1 Å². The van der Waals surface area contributed by atoms with Crippen LogP contribution in [0.1, 0.15) is 23.1 Å². The highest BCUT2D eigenvalue weighted by atomic mass is 16.2. The molecule has 0 spiro atoms. The van der Waals surface area contributed by atoms with Crippen LogP contribution >= 0.6 is 0 Å². The smallest absolute Gasteiger partial charge is 0.271 e. The van der Waals surface area contributed by atoms with Crippen molar-refractivity contribution in [3.63, 3.8) is 0 Å². The van der Waals surface area contributed by atoms with Gasteiger partial charge in [-0.05, 0) is 27.9 Å². The Morgan fingerprint density at radius 3 is 2.59 bits per heavy atom. The molecular weight excluding hydrogens is 218 g/mol. The number of aryl methyl sites for hydroxylation is 2. The largest absolute Gasteiger partial charge is 0.395 e. The summed E-state index contributed by atoms with van der Waals surface area (Å²) in [6.07, 6.45) is 0. The molecule has 6 nitrogen and oxygen atoms in total. The zero-order valence-corrected chi connectivity index (χ0v) is 11.1. The summed E-state index contributed by atoms with van der Waals surface area (Å²) in [7, 11) is 5.64. The second kappa shape index (κ2) is 5.18. The maximum atomic E-state index is 12.0. The van der Waals surface area contributed by atoms with Crippen molar-refractivity contribution in [1.29, 1.82) is 0 Å². The minimum atomic E-state index is -0.181. The van der Waals surface area contributed by atoms with Crippen molar-refractivity contribution in [2.75, 3.05) is 26.4 Å². The van der Waals surface area contributed by atoms with E-state index in [1.165, 1.54) is 4.68 Å². The summed E-state index contributed by atoms with van der Waals surface area (Å²) >= 11 is 0. The summed E-state index contributed by atoms with van der Waals surface area (Å²) in [5.41, 5.74) is 7.38. The maximum absolute atomic E-state index is 12.0. The molecule has 0 fully saturated rings. The van der Waals surface area contributed by atoms with E-state index in [2.05, 4.69) is 10.4 Å². The van der Waals surface area contributed by atoms with E-state index in [1.807, 2.05) is 25.9 Å². The normalized spacial score (nSPS) is 12.8. The van der Waals surface area contributed by atoms with Gasteiger partial charge in [-0.25, -0.2) is 0 Å². The molecule has 3 N–H and O–H groups in total. The van der Waals surface area contributed by atoms with Crippen molar-refractivity contribution in [2.45, 2.75) is 19.9 Å². The molecule has 1 unspecified atom stereocenters. The van der Waals surface area contributed by atoms with E-state index >= 15 is 0 Å². The van der Waals surface area contributed by atoms with Gasteiger partial charge in [0.2, 0.25) is 0 Å². The molecule has 1 atom stereocenters. The van der Waals surface area contributed by atoms with E-state index < -0.39 is 0 Å². The van der Waals surface area contributed by atoms with Gasteiger partial charge in [0, 0.05) is 19.6 Å². The van der Waals surface area contributed by atoms with Crippen LogP contribution in [-0.4, -0.2) is 47.3 Å². The summed E-state index contributed by atoms with van der Waals surface area (Å²) < 4.78 is 1.52. The average molecular weight is 239 g/mol. The summed E-state index contributed by atoms with van der Waals surface area (Å²) in [5.74, 6) is -0.181. The number of anilines is 1.